The SMILES string of the molecule is COC(=O)c1ccc(COc2ccc(/C=N\NC(=S)NC3CCCCC3)cc2)cc1. The van der Waals surface area contributed by atoms with Crippen molar-refractivity contribution < 1.29 is 14.3 Å². The van der Waals surface area contributed by atoms with Gasteiger partial charge in [-0.3, -0.25) is 5.43 Å². The Morgan fingerprint density at radius 1 is 1.10 bits per heavy atom. The minimum absolute atomic E-state index is 0.347. The summed E-state index contributed by atoms with van der Waals surface area (Å²) in [6.07, 6.45) is 7.90. The number of nitrogens with one attached hydrogen (secondary N) is 2. The number of hydrazone groups is 1. The molecule has 0 spiro atoms. The van der Waals surface area contributed by atoms with Crippen molar-refractivity contribution in [3.05, 3.63) is 65.2 Å². The third-order valence-electron chi connectivity index (χ3n) is 4.98. The van der Waals surface area contributed by atoms with E-state index in [1.165, 1.54) is 39.2 Å². The van der Waals surface area contributed by atoms with Crippen LogP contribution in [-0.4, -0.2) is 30.4 Å². The predicted molar refractivity (Wildman–Crippen MR) is 122 cm³/mol. The fourth-order valence-electron chi connectivity index (χ4n) is 3.30. The molecule has 158 valence electrons. The van der Waals surface area contributed by atoms with Crippen LogP contribution in [0.3, 0.4) is 0 Å². The van der Waals surface area contributed by atoms with E-state index in [-0.39, 0.29) is 5.97 Å². The summed E-state index contributed by atoms with van der Waals surface area (Å²) in [6.45, 7) is 0.414. The van der Waals surface area contributed by atoms with E-state index in [0.717, 1.165) is 16.9 Å². The van der Waals surface area contributed by atoms with E-state index in [0.29, 0.717) is 23.3 Å². The second-order valence-electron chi connectivity index (χ2n) is 7.22. The van der Waals surface area contributed by atoms with Crippen LogP contribution in [0.1, 0.15) is 53.6 Å². The van der Waals surface area contributed by atoms with Gasteiger partial charge in [0.25, 0.3) is 0 Å². The van der Waals surface area contributed by atoms with Crippen LogP contribution in [0.4, 0.5) is 0 Å². The van der Waals surface area contributed by atoms with Crippen molar-refractivity contribution in [3.8, 4) is 5.75 Å². The number of benzene rings is 2. The Morgan fingerprint density at radius 2 is 1.80 bits per heavy atom. The van der Waals surface area contributed by atoms with Crippen LogP contribution in [-0.2, 0) is 11.3 Å². The van der Waals surface area contributed by atoms with Crippen molar-refractivity contribution in [2.45, 2.75) is 44.8 Å². The van der Waals surface area contributed by atoms with Crippen molar-refractivity contribution in [1.82, 2.24) is 10.7 Å². The molecule has 3 rings (SSSR count). The number of carbonyl (C=O) groups excluding carboxylic acids is 1. The van der Waals surface area contributed by atoms with E-state index in [2.05, 4.69) is 15.8 Å². The highest BCUT2D eigenvalue weighted by Crippen LogP contribution is 2.17. The highest BCUT2D eigenvalue weighted by atomic mass is 32.1. The van der Waals surface area contributed by atoms with Gasteiger partial charge in [0, 0.05) is 6.04 Å². The molecule has 6 nitrogen and oxygen atoms in total. The fourth-order valence-corrected chi connectivity index (χ4v) is 3.52. The molecule has 0 amide bonds. The molecule has 0 radical (unpaired) electrons. The number of thiocarbonyl (C=S) groups is 1. The molecular formula is C23H27N3O3S. The van der Waals surface area contributed by atoms with Gasteiger partial charge in [0.15, 0.2) is 5.11 Å². The lowest BCUT2D eigenvalue weighted by Gasteiger charge is -2.23. The smallest absolute Gasteiger partial charge is 0.337 e. The van der Waals surface area contributed by atoms with E-state index in [4.69, 9.17) is 21.7 Å². The number of methoxy groups -OCH3 is 1. The van der Waals surface area contributed by atoms with Crippen molar-refractivity contribution in [2.75, 3.05) is 7.11 Å². The van der Waals surface area contributed by atoms with E-state index in [1.54, 1.807) is 18.3 Å². The van der Waals surface area contributed by atoms with Gasteiger partial charge < -0.3 is 14.8 Å². The van der Waals surface area contributed by atoms with Gasteiger partial charge in [0.05, 0.1) is 18.9 Å². The fraction of sp³-hybridized carbons (Fsp3) is 0.348. The molecule has 30 heavy (non-hydrogen) atoms. The van der Waals surface area contributed by atoms with Crippen LogP contribution in [0.5, 0.6) is 5.75 Å². The molecule has 2 aromatic rings. The molecule has 0 atom stereocenters. The summed E-state index contributed by atoms with van der Waals surface area (Å²) < 4.78 is 10.5. The Labute approximate surface area is 182 Å². The summed E-state index contributed by atoms with van der Waals surface area (Å²) in [6, 6.07) is 15.3. The summed E-state index contributed by atoms with van der Waals surface area (Å²) in [5.41, 5.74) is 5.31. The van der Waals surface area contributed by atoms with E-state index >= 15 is 0 Å². The summed E-state index contributed by atoms with van der Waals surface area (Å²) in [7, 11) is 1.37. The molecule has 0 aliphatic heterocycles. The van der Waals surface area contributed by atoms with Crippen LogP contribution >= 0.6 is 12.2 Å². The number of hydrogen-bond acceptors (Lipinski definition) is 5. The molecule has 7 heteroatoms. The van der Waals surface area contributed by atoms with Crippen LogP contribution in [0.15, 0.2) is 53.6 Å². The summed E-state index contributed by atoms with van der Waals surface area (Å²) in [4.78, 5) is 11.5. The highest BCUT2D eigenvalue weighted by molar-refractivity contribution is 7.80. The molecule has 2 aromatic carbocycles. The van der Waals surface area contributed by atoms with Crippen LogP contribution in [0.25, 0.3) is 0 Å². The first kappa shape index (κ1) is 21.8. The van der Waals surface area contributed by atoms with Crippen LogP contribution in [0, 0.1) is 0 Å². The Bertz CT molecular complexity index is 860. The van der Waals surface area contributed by atoms with E-state index in [9.17, 15) is 4.79 Å². The normalized spacial score (nSPS) is 14.3. The molecule has 1 saturated carbocycles. The van der Waals surface area contributed by atoms with Crippen molar-refractivity contribution >= 4 is 29.5 Å². The maximum atomic E-state index is 11.5. The monoisotopic (exact) mass is 425 g/mol. The van der Waals surface area contributed by atoms with Crippen LogP contribution < -0.4 is 15.5 Å². The molecule has 0 saturated heterocycles. The van der Waals surface area contributed by atoms with Gasteiger partial charge in [-0.25, -0.2) is 4.79 Å². The summed E-state index contributed by atoms with van der Waals surface area (Å²) >= 11 is 5.30. The number of carbonyl (C=O) groups is 1. The van der Waals surface area contributed by atoms with Gasteiger partial charge in [-0.1, -0.05) is 31.4 Å². The number of esters is 1. The van der Waals surface area contributed by atoms with E-state index < -0.39 is 0 Å². The van der Waals surface area contributed by atoms with E-state index in [1.807, 2.05) is 36.4 Å². The van der Waals surface area contributed by atoms with Crippen molar-refractivity contribution in [2.24, 2.45) is 5.10 Å². The van der Waals surface area contributed by atoms with Gasteiger partial charge in [0.2, 0.25) is 0 Å². The molecule has 2 N–H and O–H groups in total. The lowest BCUT2D eigenvalue weighted by Crippen LogP contribution is -2.40. The zero-order chi connectivity index (χ0) is 21.2. The molecule has 0 bridgehead atoms. The van der Waals surface area contributed by atoms with Gasteiger partial charge in [-0.15, -0.1) is 0 Å². The molecule has 1 fully saturated rings. The Kier molecular flexibility index (Phi) is 8.20. The first-order valence-corrected chi connectivity index (χ1v) is 10.5. The zero-order valence-corrected chi connectivity index (χ0v) is 17.9. The number of rotatable bonds is 7. The zero-order valence-electron chi connectivity index (χ0n) is 17.1. The topological polar surface area (TPSA) is 72.0 Å². The number of nitrogens with zero attached hydrogens (tertiary/aromatic N) is 1. The third-order valence-corrected chi connectivity index (χ3v) is 5.19. The Hall–Kier alpha value is -2.93. The minimum atomic E-state index is -0.347. The third kappa shape index (κ3) is 6.84. The highest BCUT2D eigenvalue weighted by Gasteiger charge is 2.13. The summed E-state index contributed by atoms with van der Waals surface area (Å²) in [5.74, 6) is 0.409. The second kappa shape index (κ2) is 11.3. The second-order valence-corrected chi connectivity index (χ2v) is 7.63. The molecule has 1 aliphatic rings. The molecule has 0 aromatic heterocycles. The van der Waals surface area contributed by atoms with Gasteiger partial charge in [0.1, 0.15) is 12.4 Å². The average molecular weight is 426 g/mol. The molecule has 1 aliphatic carbocycles. The molecule has 0 unspecified atom stereocenters. The largest absolute Gasteiger partial charge is 0.489 e. The maximum absolute atomic E-state index is 11.5. The lowest BCUT2D eigenvalue weighted by atomic mass is 9.96. The maximum Gasteiger partial charge on any atom is 0.337 e. The Balaban J connectivity index is 1.42. The van der Waals surface area contributed by atoms with Crippen LogP contribution in [0.2, 0.25) is 0 Å². The van der Waals surface area contributed by atoms with Gasteiger partial charge in [-0.2, -0.15) is 5.10 Å². The molecular weight excluding hydrogens is 398 g/mol. The minimum Gasteiger partial charge on any atom is -0.489 e. The quantitative estimate of drug-likeness (QED) is 0.300. The van der Waals surface area contributed by atoms with Crippen molar-refractivity contribution in [1.29, 1.82) is 0 Å². The standard InChI is InChI=1S/C23H27N3O3S/c1-28-22(27)19-11-7-18(8-12-19)16-29-21-13-9-17(10-14-21)15-24-26-23(30)25-20-5-3-2-4-6-20/h7-15,20H,2-6,16H2,1H3,(H2,25,26,30)/b24-15-. The average Bonchev–Trinajstić information content (AvgIpc) is 2.79. The first-order valence-electron chi connectivity index (χ1n) is 10.1. The Morgan fingerprint density at radius 3 is 2.47 bits per heavy atom. The number of ether oxygens (including phenoxy) is 2. The van der Waals surface area contributed by atoms with Gasteiger partial charge in [-0.05, 0) is 72.6 Å². The lowest BCUT2D eigenvalue weighted by molar-refractivity contribution is 0.0600. The number of hydrogen-bond donors (Lipinski definition) is 2. The van der Waals surface area contributed by atoms with Gasteiger partial charge >= 0.3 is 5.97 Å². The predicted octanol–water partition coefficient (Wildman–Crippen LogP) is 4.18. The summed E-state index contributed by atoms with van der Waals surface area (Å²) in [5, 5.41) is 8.09. The molecule has 0 heterocycles. The first-order chi connectivity index (χ1) is 14.6. The van der Waals surface area contributed by atoms with Crippen molar-refractivity contribution in [3.63, 3.8) is 0 Å².